The molecule has 2 N–H and O–H groups in total. The summed E-state index contributed by atoms with van der Waals surface area (Å²) in [6.07, 6.45) is 0.00687. The number of amides is 1. The average Bonchev–Trinajstić information content (AvgIpc) is 2.42. The molecule has 5 nitrogen and oxygen atoms in total. The number of aromatic amines is 1. The second-order valence-corrected chi connectivity index (χ2v) is 6.74. The number of hydrogen-bond donors (Lipinski definition) is 2. The van der Waals surface area contributed by atoms with E-state index in [9.17, 15) is 9.59 Å². The lowest BCUT2D eigenvalue weighted by atomic mass is 9.86. The predicted molar refractivity (Wildman–Crippen MR) is 91.8 cm³/mol. The SMILES string of the molecule is Cc1nc(C)c(CC(=O)Nc2ccccc2C(C)(C)C)c(=O)[nH]1. The summed E-state index contributed by atoms with van der Waals surface area (Å²) in [6.45, 7) is 9.75. The molecular weight excluding hydrogens is 290 g/mol. The van der Waals surface area contributed by atoms with Gasteiger partial charge in [-0.2, -0.15) is 0 Å². The van der Waals surface area contributed by atoms with E-state index in [0.29, 0.717) is 17.1 Å². The van der Waals surface area contributed by atoms with E-state index in [1.54, 1.807) is 13.8 Å². The van der Waals surface area contributed by atoms with Gasteiger partial charge >= 0.3 is 0 Å². The highest BCUT2D eigenvalue weighted by atomic mass is 16.2. The lowest BCUT2D eigenvalue weighted by Crippen LogP contribution is -2.25. The highest BCUT2D eigenvalue weighted by Gasteiger charge is 2.19. The number of benzene rings is 1. The zero-order valence-electron chi connectivity index (χ0n) is 14.3. The first kappa shape index (κ1) is 16.9. The van der Waals surface area contributed by atoms with Gasteiger partial charge in [-0.15, -0.1) is 0 Å². The number of nitrogens with one attached hydrogen (secondary N) is 2. The molecule has 1 amide bonds. The van der Waals surface area contributed by atoms with Crippen molar-refractivity contribution >= 4 is 11.6 Å². The number of para-hydroxylation sites is 1. The molecule has 0 spiro atoms. The fraction of sp³-hybridized carbons (Fsp3) is 0.389. The van der Waals surface area contributed by atoms with Crippen molar-refractivity contribution in [3.05, 3.63) is 57.3 Å². The number of rotatable bonds is 3. The van der Waals surface area contributed by atoms with Crippen LogP contribution in [-0.2, 0) is 16.6 Å². The van der Waals surface area contributed by atoms with Gasteiger partial charge in [0.05, 0.1) is 6.42 Å². The average molecular weight is 313 g/mol. The van der Waals surface area contributed by atoms with E-state index in [1.165, 1.54) is 0 Å². The highest BCUT2D eigenvalue weighted by molar-refractivity contribution is 5.93. The van der Waals surface area contributed by atoms with E-state index in [0.717, 1.165) is 11.3 Å². The number of hydrogen-bond acceptors (Lipinski definition) is 3. The molecule has 2 aromatic rings. The molecule has 0 aliphatic heterocycles. The maximum atomic E-state index is 12.4. The second kappa shape index (κ2) is 6.36. The van der Waals surface area contributed by atoms with Crippen molar-refractivity contribution in [2.75, 3.05) is 5.32 Å². The fourth-order valence-electron chi connectivity index (χ4n) is 2.56. The van der Waals surface area contributed by atoms with Gasteiger partial charge in [-0.1, -0.05) is 39.0 Å². The van der Waals surface area contributed by atoms with Crippen LogP contribution < -0.4 is 10.9 Å². The molecular formula is C18H23N3O2. The minimum Gasteiger partial charge on any atom is -0.326 e. The van der Waals surface area contributed by atoms with Crippen LogP contribution >= 0.6 is 0 Å². The lowest BCUT2D eigenvalue weighted by Gasteiger charge is -2.23. The number of nitrogens with zero attached hydrogens (tertiary/aromatic N) is 1. The molecule has 0 fully saturated rings. The smallest absolute Gasteiger partial charge is 0.254 e. The van der Waals surface area contributed by atoms with Crippen LogP contribution in [0.2, 0.25) is 0 Å². The summed E-state index contributed by atoms with van der Waals surface area (Å²) in [5.74, 6) is 0.329. The van der Waals surface area contributed by atoms with Gasteiger partial charge in [-0.05, 0) is 30.9 Å². The van der Waals surface area contributed by atoms with Crippen molar-refractivity contribution in [1.82, 2.24) is 9.97 Å². The summed E-state index contributed by atoms with van der Waals surface area (Å²) in [4.78, 5) is 31.2. The van der Waals surface area contributed by atoms with Crippen molar-refractivity contribution in [1.29, 1.82) is 0 Å². The van der Waals surface area contributed by atoms with Crippen LogP contribution in [0.25, 0.3) is 0 Å². The van der Waals surface area contributed by atoms with E-state index in [1.807, 2.05) is 24.3 Å². The molecule has 1 heterocycles. The Hall–Kier alpha value is -2.43. The van der Waals surface area contributed by atoms with Crippen LogP contribution in [0, 0.1) is 13.8 Å². The third-order valence-electron chi connectivity index (χ3n) is 3.69. The van der Waals surface area contributed by atoms with Gasteiger partial charge < -0.3 is 10.3 Å². The van der Waals surface area contributed by atoms with Gasteiger partial charge in [0.1, 0.15) is 5.82 Å². The Morgan fingerprint density at radius 3 is 2.48 bits per heavy atom. The monoisotopic (exact) mass is 313 g/mol. The minimum atomic E-state index is -0.255. The van der Waals surface area contributed by atoms with Gasteiger partial charge in [0.2, 0.25) is 5.91 Å². The largest absolute Gasteiger partial charge is 0.326 e. The van der Waals surface area contributed by atoms with Crippen molar-refractivity contribution in [2.24, 2.45) is 0 Å². The van der Waals surface area contributed by atoms with Gasteiger partial charge in [-0.25, -0.2) is 4.98 Å². The van der Waals surface area contributed by atoms with Gasteiger partial charge in [-0.3, -0.25) is 9.59 Å². The van der Waals surface area contributed by atoms with Crippen LogP contribution in [0.1, 0.15) is 43.4 Å². The Morgan fingerprint density at radius 2 is 1.87 bits per heavy atom. The van der Waals surface area contributed by atoms with E-state index < -0.39 is 0 Å². The molecule has 0 bridgehead atoms. The summed E-state index contributed by atoms with van der Waals surface area (Å²) < 4.78 is 0. The molecule has 0 saturated heterocycles. The van der Waals surface area contributed by atoms with E-state index in [-0.39, 0.29) is 23.3 Å². The van der Waals surface area contributed by atoms with Gasteiger partial charge in [0.25, 0.3) is 5.56 Å². The number of aryl methyl sites for hydroxylation is 2. The maximum absolute atomic E-state index is 12.4. The first-order valence-electron chi connectivity index (χ1n) is 7.64. The molecule has 0 aliphatic rings. The third kappa shape index (κ3) is 4.06. The number of anilines is 1. The molecule has 0 unspecified atom stereocenters. The number of H-pyrrole nitrogens is 1. The van der Waals surface area contributed by atoms with E-state index >= 15 is 0 Å². The summed E-state index contributed by atoms with van der Waals surface area (Å²) >= 11 is 0. The zero-order chi connectivity index (χ0) is 17.2. The molecule has 5 heteroatoms. The first-order chi connectivity index (χ1) is 10.7. The summed E-state index contributed by atoms with van der Waals surface area (Å²) in [6, 6.07) is 7.72. The number of carbonyl (C=O) groups excluding carboxylic acids is 1. The Kier molecular flexibility index (Phi) is 4.68. The summed E-state index contributed by atoms with van der Waals surface area (Å²) in [7, 11) is 0. The molecule has 0 saturated carbocycles. The topological polar surface area (TPSA) is 74.8 Å². The molecule has 122 valence electrons. The number of aromatic nitrogens is 2. The highest BCUT2D eigenvalue weighted by Crippen LogP contribution is 2.29. The summed E-state index contributed by atoms with van der Waals surface area (Å²) in [5.41, 5.74) is 2.49. The van der Waals surface area contributed by atoms with Crippen molar-refractivity contribution in [3.63, 3.8) is 0 Å². The van der Waals surface area contributed by atoms with Crippen molar-refractivity contribution < 1.29 is 4.79 Å². The molecule has 0 atom stereocenters. The second-order valence-electron chi connectivity index (χ2n) is 6.74. The van der Waals surface area contributed by atoms with Gasteiger partial charge in [0.15, 0.2) is 0 Å². The Morgan fingerprint density at radius 1 is 1.22 bits per heavy atom. The lowest BCUT2D eigenvalue weighted by molar-refractivity contribution is -0.115. The molecule has 2 rings (SSSR count). The number of carbonyl (C=O) groups is 1. The van der Waals surface area contributed by atoms with Crippen molar-refractivity contribution in [3.8, 4) is 0 Å². The predicted octanol–water partition coefficient (Wildman–Crippen LogP) is 2.87. The third-order valence-corrected chi connectivity index (χ3v) is 3.69. The van der Waals surface area contributed by atoms with Crippen LogP contribution in [0.15, 0.2) is 29.1 Å². The molecule has 1 aromatic carbocycles. The van der Waals surface area contributed by atoms with Crippen LogP contribution in [0.5, 0.6) is 0 Å². The molecule has 0 radical (unpaired) electrons. The first-order valence-corrected chi connectivity index (χ1v) is 7.64. The van der Waals surface area contributed by atoms with Crippen molar-refractivity contribution in [2.45, 2.75) is 46.5 Å². The minimum absolute atomic E-state index is 0.00687. The zero-order valence-corrected chi connectivity index (χ0v) is 14.3. The summed E-state index contributed by atoms with van der Waals surface area (Å²) in [5, 5.41) is 2.92. The van der Waals surface area contributed by atoms with Gasteiger partial charge in [0, 0.05) is 16.9 Å². The molecule has 23 heavy (non-hydrogen) atoms. The fourth-order valence-corrected chi connectivity index (χ4v) is 2.56. The Labute approximate surface area is 136 Å². The Balaban J connectivity index is 2.24. The van der Waals surface area contributed by atoms with Crippen LogP contribution in [0.3, 0.4) is 0 Å². The molecule has 0 aliphatic carbocycles. The van der Waals surface area contributed by atoms with E-state index in [4.69, 9.17) is 0 Å². The standard InChI is InChI=1S/C18H23N3O2/c1-11-13(17(23)20-12(2)19-11)10-16(22)21-15-9-7-6-8-14(15)18(3,4)5/h6-9H,10H2,1-5H3,(H,21,22)(H,19,20,23). The normalized spacial score (nSPS) is 11.3. The molecule has 1 aromatic heterocycles. The maximum Gasteiger partial charge on any atom is 0.254 e. The van der Waals surface area contributed by atoms with Crippen LogP contribution in [0.4, 0.5) is 5.69 Å². The van der Waals surface area contributed by atoms with E-state index in [2.05, 4.69) is 36.1 Å². The Bertz CT molecular complexity index is 786. The quantitative estimate of drug-likeness (QED) is 0.915. The van der Waals surface area contributed by atoms with Crippen LogP contribution in [-0.4, -0.2) is 15.9 Å².